The Bertz CT molecular complexity index is 401. The van der Waals surface area contributed by atoms with Crippen molar-refractivity contribution in [1.29, 1.82) is 0 Å². The smallest absolute Gasteiger partial charge is 0.309 e. The molecule has 0 aliphatic heterocycles. The van der Waals surface area contributed by atoms with Gasteiger partial charge < -0.3 is 10.5 Å². The van der Waals surface area contributed by atoms with E-state index in [4.69, 9.17) is 10.5 Å². The molecule has 0 fully saturated rings. The Morgan fingerprint density at radius 2 is 2.38 bits per heavy atom. The molecule has 0 saturated heterocycles. The molecule has 1 atom stereocenters. The van der Waals surface area contributed by atoms with Crippen LogP contribution in [0.25, 0.3) is 0 Å². The summed E-state index contributed by atoms with van der Waals surface area (Å²) in [5, 5.41) is 0. The van der Waals surface area contributed by atoms with Gasteiger partial charge in [-0.25, -0.2) is 0 Å². The fourth-order valence-corrected chi connectivity index (χ4v) is 2.28. The van der Waals surface area contributed by atoms with Crippen LogP contribution in [0, 0.1) is 5.92 Å². The van der Waals surface area contributed by atoms with Crippen molar-refractivity contribution in [3.63, 3.8) is 0 Å². The summed E-state index contributed by atoms with van der Waals surface area (Å²) in [6, 6.07) is 5.96. The summed E-state index contributed by atoms with van der Waals surface area (Å²) in [5.74, 6) is -0.103. The highest BCUT2D eigenvalue weighted by molar-refractivity contribution is 5.74. The predicted octanol–water partition coefficient (Wildman–Crippen LogP) is 1.94. The first-order valence-electron chi connectivity index (χ1n) is 5.75. The van der Waals surface area contributed by atoms with E-state index in [1.807, 2.05) is 19.1 Å². The molecular weight excluding hydrogens is 202 g/mol. The zero-order chi connectivity index (χ0) is 11.5. The summed E-state index contributed by atoms with van der Waals surface area (Å²) >= 11 is 0. The number of aryl methyl sites for hydroxylation is 1. The minimum atomic E-state index is -0.0867. The summed E-state index contributed by atoms with van der Waals surface area (Å²) in [6.07, 6.45) is 2.51. The van der Waals surface area contributed by atoms with Crippen molar-refractivity contribution in [1.82, 2.24) is 0 Å². The van der Waals surface area contributed by atoms with Gasteiger partial charge in [0.1, 0.15) is 0 Å². The zero-order valence-corrected chi connectivity index (χ0v) is 9.53. The molecular formula is C13H17NO2. The third-order valence-corrected chi connectivity index (χ3v) is 3.14. The highest BCUT2D eigenvalue weighted by Gasteiger charge is 2.26. The second-order valence-electron chi connectivity index (χ2n) is 4.18. The first kappa shape index (κ1) is 11.0. The van der Waals surface area contributed by atoms with Crippen LogP contribution in [-0.4, -0.2) is 12.6 Å². The Hall–Kier alpha value is -1.51. The van der Waals surface area contributed by atoms with E-state index >= 15 is 0 Å². The molecule has 0 spiro atoms. The molecule has 0 amide bonds. The molecule has 16 heavy (non-hydrogen) atoms. The normalized spacial score (nSPS) is 18.9. The van der Waals surface area contributed by atoms with Crippen molar-refractivity contribution in [2.24, 2.45) is 5.92 Å². The monoisotopic (exact) mass is 219 g/mol. The molecule has 0 heterocycles. The first-order valence-corrected chi connectivity index (χ1v) is 5.75. The van der Waals surface area contributed by atoms with E-state index in [-0.39, 0.29) is 11.9 Å². The fraction of sp³-hybridized carbons (Fsp3) is 0.462. The van der Waals surface area contributed by atoms with Crippen molar-refractivity contribution in [2.45, 2.75) is 26.2 Å². The number of carbonyl (C=O) groups is 1. The molecule has 3 heteroatoms. The van der Waals surface area contributed by atoms with Gasteiger partial charge >= 0.3 is 5.97 Å². The Labute approximate surface area is 95.6 Å². The first-order chi connectivity index (χ1) is 7.72. The third kappa shape index (κ3) is 2.03. The van der Waals surface area contributed by atoms with Crippen LogP contribution in [-0.2, 0) is 22.4 Å². The number of anilines is 1. The SMILES string of the molecule is CCOC(=O)C1CCc2cccc(N)c2C1. The topological polar surface area (TPSA) is 52.3 Å². The minimum Gasteiger partial charge on any atom is -0.466 e. The van der Waals surface area contributed by atoms with E-state index in [0.29, 0.717) is 6.61 Å². The molecule has 1 aliphatic rings. The number of hydrogen-bond donors (Lipinski definition) is 1. The zero-order valence-electron chi connectivity index (χ0n) is 9.53. The number of ether oxygens (including phenoxy) is 1. The Morgan fingerprint density at radius 1 is 1.56 bits per heavy atom. The number of carbonyl (C=O) groups excluding carboxylic acids is 1. The van der Waals surface area contributed by atoms with Crippen LogP contribution in [0.15, 0.2) is 18.2 Å². The lowest BCUT2D eigenvalue weighted by molar-refractivity contribution is -0.148. The lowest BCUT2D eigenvalue weighted by Crippen LogP contribution is -2.25. The number of fused-ring (bicyclic) bond motifs is 1. The number of nitrogen functional groups attached to an aromatic ring is 1. The van der Waals surface area contributed by atoms with E-state index in [0.717, 1.165) is 30.5 Å². The lowest BCUT2D eigenvalue weighted by Gasteiger charge is -2.24. The second-order valence-corrected chi connectivity index (χ2v) is 4.18. The fourth-order valence-electron chi connectivity index (χ4n) is 2.28. The molecule has 3 nitrogen and oxygen atoms in total. The molecule has 0 radical (unpaired) electrons. The van der Waals surface area contributed by atoms with Crippen molar-refractivity contribution >= 4 is 11.7 Å². The van der Waals surface area contributed by atoms with Crippen LogP contribution in [0.5, 0.6) is 0 Å². The van der Waals surface area contributed by atoms with Crippen LogP contribution < -0.4 is 5.73 Å². The summed E-state index contributed by atoms with van der Waals surface area (Å²) in [7, 11) is 0. The third-order valence-electron chi connectivity index (χ3n) is 3.14. The highest BCUT2D eigenvalue weighted by atomic mass is 16.5. The molecule has 0 saturated carbocycles. The summed E-state index contributed by atoms with van der Waals surface area (Å²) in [6.45, 7) is 2.29. The van der Waals surface area contributed by atoms with Gasteiger partial charge in [-0.1, -0.05) is 12.1 Å². The second kappa shape index (κ2) is 4.56. The molecule has 1 aromatic carbocycles. The average molecular weight is 219 g/mol. The van der Waals surface area contributed by atoms with Gasteiger partial charge in [0.2, 0.25) is 0 Å². The van der Waals surface area contributed by atoms with E-state index in [1.54, 1.807) is 0 Å². The molecule has 1 unspecified atom stereocenters. The highest BCUT2D eigenvalue weighted by Crippen LogP contribution is 2.30. The van der Waals surface area contributed by atoms with Crippen LogP contribution in [0.2, 0.25) is 0 Å². The van der Waals surface area contributed by atoms with Crippen LogP contribution in [0.1, 0.15) is 24.5 Å². The van der Waals surface area contributed by atoms with Gasteiger partial charge in [0.25, 0.3) is 0 Å². The predicted molar refractivity (Wildman–Crippen MR) is 63.0 cm³/mol. The maximum Gasteiger partial charge on any atom is 0.309 e. The largest absolute Gasteiger partial charge is 0.466 e. The molecule has 1 aliphatic carbocycles. The number of hydrogen-bond acceptors (Lipinski definition) is 3. The molecule has 2 N–H and O–H groups in total. The summed E-state index contributed by atoms with van der Waals surface area (Å²) in [5.41, 5.74) is 9.13. The molecule has 0 aromatic heterocycles. The van der Waals surface area contributed by atoms with Gasteiger partial charge in [-0.05, 0) is 43.4 Å². The van der Waals surface area contributed by atoms with Crippen molar-refractivity contribution < 1.29 is 9.53 Å². The van der Waals surface area contributed by atoms with Gasteiger partial charge in [0, 0.05) is 5.69 Å². The van der Waals surface area contributed by atoms with E-state index in [2.05, 4.69) is 6.07 Å². The number of benzene rings is 1. The van der Waals surface area contributed by atoms with Crippen molar-refractivity contribution in [3.05, 3.63) is 29.3 Å². The van der Waals surface area contributed by atoms with Gasteiger partial charge in [-0.3, -0.25) is 4.79 Å². The molecule has 1 aromatic rings. The summed E-state index contributed by atoms with van der Waals surface area (Å²) in [4.78, 5) is 11.7. The van der Waals surface area contributed by atoms with Crippen molar-refractivity contribution in [3.8, 4) is 0 Å². The molecule has 0 bridgehead atoms. The maximum atomic E-state index is 11.7. The van der Waals surface area contributed by atoms with Gasteiger partial charge in [0.15, 0.2) is 0 Å². The lowest BCUT2D eigenvalue weighted by atomic mass is 9.83. The van der Waals surface area contributed by atoms with Crippen molar-refractivity contribution in [2.75, 3.05) is 12.3 Å². The van der Waals surface area contributed by atoms with Gasteiger partial charge in [0.05, 0.1) is 12.5 Å². The van der Waals surface area contributed by atoms with E-state index < -0.39 is 0 Å². The Balaban J connectivity index is 2.17. The average Bonchev–Trinajstić information content (AvgIpc) is 2.29. The quantitative estimate of drug-likeness (QED) is 0.611. The van der Waals surface area contributed by atoms with E-state index in [1.165, 1.54) is 5.56 Å². The number of rotatable bonds is 2. The summed E-state index contributed by atoms with van der Waals surface area (Å²) < 4.78 is 5.06. The minimum absolute atomic E-state index is 0.0165. The number of esters is 1. The van der Waals surface area contributed by atoms with Gasteiger partial charge in [-0.15, -0.1) is 0 Å². The Kier molecular flexibility index (Phi) is 3.13. The van der Waals surface area contributed by atoms with Crippen LogP contribution in [0.3, 0.4) is 0 Å². The molecule has 86 valence electrons. The Morgan fingerprint density at radius 3 is 3.12 bits per heavy atom. The standard InChI is InChI=1S/C13H17NO2/c1-2-16-13(15)10-7-6-9-4-3-5-12(14)11(9)8-10/h3-5,10H,2,6-8,14H2,1H3. The maximum absolute atomic E-state index is 11.7. The van der Waals surface area contributed by atoms with Crippen LogP contribution in [0.4, 0.5) is 5.69 Å². The molecule has 2 rings (SSSR count). The van der Waals surface area contributed by atoms with Crippen LogP contribution >= 0.6 is 0 Å². The van der Waals surface area contributed by atoms with Gasteiger partial charge in [-0.2, -0.15) is 0 Å². The number of nitrogens with two attached hydrogens (primary N) is 1. The van der Waals surface area contributed by atoms with E-state index in [9.17, 15) is 4.79 Å².